The van der Waals surface area contributed by atoms with E-state index < -0.39 is 33.2 Å². The highest BCUT2D eigenvalue weighted by atomic mass is 32.2. The fraction of sp³-hybridized carbons (Fsp3) is 0.619. The molecule has 0 radical (unpaired) electrons. The van der Waals surface area contributed by atoms with E-state index in [-0.39, 0.29) is 39.5 Å². The molecule has 2 N–H and O–H groups in total. The zero-order valence-corrected chi connectivity index (χ0v) is 20.0. The molecule has 0 aliphatic carbocycles. The summed E-state index contributed by atoms with van der Waals surface area (Å²) in [4.78, 5) is 25.9. The standard InChI is InChI=1S/C21H33N3O8S/c1-16(2)33(28,29)24-10-8-23(9-11-24)19(21(26)27)14-22-20(25)17-4-6-18(7-5-17)32-15-31-13-12-30-3/h4-7,16,19H,8-15H2,1-3H3,(H,22,25)(H,26,27). The van der Waals surface area contributed by atoms with Crippen LogP contribution in [0.5, 0.6) is 5.75 Å². The summed E-state index contributed by atoms with van der Waals surface area (Å²) in [5, 5.41) is 11.8. The van der Waals surface area contributed by atoms with Crippen LogP contribution in [0.25, 0.3) is 0 Å². The Bertz CT molecular complexity index is 868. The number of benzene rings is 1. The lowest BCUT2D eigenvalue weighted by Crippen LogP contribution is -2.57. The molecule has 1 aromatic rings. The van der Waals surface area contributed by atoms with Crippen LogP contribution in [-0.2, 0) is 24.3 Å². The van der Waals surface area contributed by atoms with E-state index in [4.69, 9.17) is 14.2 Å². The number of hydrogen-bond acceptors (Lipinski definition) is 8. The van der Waals surface area contributed by atoms with Gasteiger partial charge in [0.1, 0.15) is 11.8 Å². The van der Waals surface area contributed by atoms with Crippen LogP contribution in [0.3, 0.4) is 0 Å². The van der Waals surface area contributed by atoms with E-state index in [1.165, 1.54) is 4.31 Å². The van der Waals surface area contributed by atoms with Gasteiger partial charge in [-0.25, -0.2) is 8.42 Å². The van der Waals surface area contributed by atoms with Gasteiger partial charge >= 0.3 is 5.97 Å². The predicted molar refractivity (Wildman–Crippen MR) is 121 cm³/mol. The second-order valence-electron chi connectivity index (χ2n) is 7.78. The van der Waals surface area contributed by atoms with Crippen molar-refractivity contribution in [3.8, 4) is 5.75 Å². The van der Waals surface area contributed by atoms with Crippen molar-refractivity contribution in [2.24, 2.45) is 0 Å². The summed E-state index contributed by atoms with van der Waals surface area (Å²) < 4.78 is 41.5. The van der Waals surface area contributed by atoms with Gasteiger partial charge in [-0.05, 0) is 38.1 Å². The number of carboxylic acid groups (broad SMARTS) is 1. The second-order valence-corrected chi connectivity index (χ2v) is 10.3. The minimum Gasteiger partial charge on any atom is -0.480 e. The fourth-order valence-corrected chi connectivity index (χ4v) is 4.51. The number of piperazine rings is 1. The van der Waals surface area contributed by atoms with Crippen molar-refractivity contribution in [1.29, 1.82) is 0 Å². The molecular weight excluding hydrogens is 454 g/mol. The maximum Gasteiger partial charge on any atom is 0.322 e. The minimum absolute atomic E-state index is 0.0565. The lowest BCUT2D eigenvalue weighted by atomic mass is 10.1. The van der Waals surface area contributed by atoms with E-state index in [2.05, 4.69) is 5.32 Å². The summed E-state index contributed by atoms with van der Waals surface area (Å²) in [6.07, 6.45) is 0. The van der Waals surface area contributed by atoms with Crippen LogP contribution in [-0.4, -0.2) is 106 Å². The monoisotopic (exact) mass is 487 g/mol. The molecule has 0 bridgehead atoms. The number of nitrogens with zero attached hydrogens (tertiary/aromatic N) is 2. The normalized spacial score (nSPS) is 16.5. The maximum absolute atomic E-state index is 12.5. The molecule has 1 amide bonds. The molecule has 1 heterocycles. The smallest absolute Gasteiger partial charge is 0.322 e. The van der Waals surface area contributed by atoms with Crippen LogP contribution in [0, 0.1) is 0 Å². The van der Waals surface area contributed by atoms with Gasteiger partial charge in [0.15, 0.2) is 6.79 Å². The van der Waals surface area contributed by atoms with Gasteiger partial charge in [-0.15, -0.1) is 0 Å². The lowest BCUT2D eigenvalue weighted by Gasteiger charge is -2.37. The molecule has 11 nitrogen and oxygen atoms in total. The number of rotatable bonds is 13. The van der Waals surface area contributed by atoms with Gasteiger partial charge in [0, 0.05) is 45.4 Å². The molecule has 1 saturated heterocycles. The summed E-state index contributed by atoms with van der Waals surface area (Å²) in [6, 6.07) is 5.44. The zero-order chi connectivity index (χ0) is 24.4. The van der Waals surface area contributed by atoms with Gasteiger partial charge in [-0.1, -0.05) is 0 Å². The molecular formula is C21H33N3O8S. The number of carbonyl (C=O) groups is 2. The Kier molecular flexibility index (Phi) is 10.5. The third kappa shape index (κ3) is 7.93. The summed E-state index contributed by atoms with van der Waals surface area (Å²) >= 11 is 0. The topological polar surface area (TPSA) is 135 Å². The Morgan fingerprint density at radius 3 is 2.27 bits per heavy atom. The van der Waals surface area contributed by atoms with E-state index in [0.717, 1.165) is 0 Å². The van der Waals surface area contributed by atoms with Crippen LogP contribution in [0.2, 0.25) is 0 Å². The Morgan fingerprint density at radius 1 is 1.09 bits per heavy atom. The zero-order valence-electron chi connectivity index (χ0n) is 19.2. The van der Waals surface area contributed by atoms with Crippen molar-refractivity contribution in [2.75, 3.05) is 59.8 Å². The number of sulfonamides is 1. The first-order valence-electron chi connectivity index (χ1n) is 10.7. The van der Waals surface area contributed by atoms with E-state index in [9.17, 15) is 23.1 Å². The van der Waals surface area contributed by atoms with Crippen molar-refractivity contribution in [1.82, 2.24) is 14.5 Å². The van der Waals surface area contributed by atoms with Crippen LogP contribution < -0.4 is 10.1 Å². The van der Waals surface area contributed by atoms with Gasteiger partial charge in [0.05, 0.1) is 18.5 Å². The SMILES string of the molecule is COCCOCOc1ccc(C(=O)NCC(C(=O)O)N2CCN(S(=O)(=O)C(C)C)CC2)cc1. The van der Waals surface area contributed by atoms with Gasteiger partial charge in [0.2, 0.25) is 10.0 Å². The molecule has 186 valence electrons. The first-order valence-corrected chi connectivity index (χ1v) is 12.2. The largest absolute Gasteiger partial charge is 0.480 e. The van der Waals surface area contributed by atoms with Gasteiger partial charge in [-0.3, -0.25) is 14.5 Å². The average molecular weight is 488 g/mol. The number of nitrogens with one attached hydrogen (secondary N) is 1. The molecule has 12 heteroatoms. The second kappa shape index (κ2) is 12.8. The van der Waals surface area contributed by atoms with Crippen molar-refractivity contribution in [3.63, 3.8) is 0 Å². The predicted octanol–water partition coefficient (Wildman–Crippen LogP) is 0.225. The summed E-state index contributed by atoms with van der Waals surface area (Å²) in [5.41, 5.74) is 0.361. The lowest BCUT2D eigenvalue weighted by molar-refractivity contribution is -0.143. The number of carboxylic acids is 1. The molecule has 1 aliphatic rings. The van der Waals surface area contributed by atoms with Crippen LogP contribution in [0.15, 0.2) is 24.3 Å². The molecule has 1 unspecified atom stereocenters. The molecule has 1 aliphatic heterocycles. The number of amides is 1. The van der Waals surface area contributed by atoms with Crippen molar-refractivity contribution in [3.05, 3.63) is 29.8 Å². The molecule has 33 heavy (non-hydrogen) atoms. The van der Waals surface area contributed by atoms with Crippen LogP contribution in [0.1, 0.15) is 24.2 Å². The number of methoxy groups -OCH3 is 1. The summed E-state index contributed by atoms with van der Waals surface area (Å²) in [5.74, 6) is -0.959. The molecule has 1 fully saturated rings. The molecule has 2 rings (SSSR count). The van der Waals surface area contributed by atoms with Crippen LogP contribution in [0.4, 0.5) is 0 Å². The molecule has 1 atom stereocenters. The molecule has 0 spiro atoms. The fourth-order valence-electron chi connectivity index (χ4n) is 3.25. The number of hydrogen-bond donors (Lipinski definition) is 2. The van der Waals surface area contributed by atoms with Crippen molar-refractivity contribution < 1.29 is 37.3 Å². The van der Waals surface area contributed by atoms with Crippen molar-refractivity contribution >= 4 is 21.9 Å². The van der Waals surface area contributed by atoms with Gasteiger partial charge < -0.3 is 24.6 Å². The number of carbonyl (C=O) groups excluding carboxylic acids is 1. The van der Waals surface area contributed by atoms with E-state index in [1.54, 1.807) is 50.1 Å². The summed E-state index contributed by atoms with van der Waals surface area (Å²) in [6.45, 7) is 5.05. The Balaban J connectivity index is 1.85. The third-order valence-electron chi connectivity index (χ3n) is 5.27. The number of aliphatic carboxylic acids is 1. The highest BCUT2D eigenvalue weighted by molar-refractivity contribution is 7.89. The van der Waals surface area contributed by atoms with E-state index >= 15 is 0 Å². The van der Waals surface area contributed by atoms with Gasteiger partial charge in [-0.2, -0.15) is 4.31 Å². The quantitative estimate of drug-likeness (QED) is 0.296. The number of ether oxygens (including phenoxy) is 3. The Labute approximate surface area is 194 Å². The minimum atomic E-state index is -3.38. The van der Waals surface area contributed by atoms with Crippen molar-refractivity contribution in [2.45, 2.75) is 25.1 Å². The Hall–Kier alpha value is -2.25. The maximum atomic E-state index is 12.5. The summed E-state index contributed by atoms with van der Waals surface area (Å²) in [7, 11) is -1.80. The van der Waals surface area contributed by atoms with Gasteiger partial charge in [0.25, 0.3) is 5.91 Å². The van der Waals surface area contributed by atoms with Crippen LogP contribution >= 0.6 is 0 Å². The highest BCUT2D eigenvalue weighted by Crippen LogP contribution is 2.15. The highest BCUT2D eigenvalue weighted by Gasteiger charge is 2.34. The molecule has 0 saturated carbocycles. The first kappa shape index (κ1) is 27.0. The van der Waals surface area contributed by atoms with E-state index in [1.807, 2.05) is 0 Å². The average Bonchev–Trinajstić information content (AvgIpc) is 2.79. The molecule has 1 aromatic carbocycles. The first-order chi connectivity index (χ1) is 15.7. The van der Waals surface area contributed by atoms with E-state index in [0.29, 0.717) is 24.5 Å². The third-order valence-corrected chi connectivity index (χ3v) is 7.54. The Morgan fingerprint density at radius 2 is 1.73 bits per heavy atom. The molecule has 0 aromatic heterocycles.